The summed E-state index contributed by atoms with van der Waals surface area (Å²) in [6.07, 6.45) is 9.48. The zero-order chi connectivity index (χ0) is 26.6. The maximum atomic E-state index is 13.1. The molecule has 3 aromatic rings. The zero-order valence-electron chi connectivity index (χ0n) is 22.7. The van der Waals surface area contributed by atoms with Crippen LogP contribution < -0.4 is 10.6 Å². The minimum absolute atomic E-state index is 0.00131. The first-order valence-corrected chi connectivity index (χ1v) is 14.4. The van der Waals surface area contributed by atoms with E-state index in [-0.39, 0.29) is 18.0 Å². The lowest BCUT2D eigenvalue weighted by molar-refractivity contribution is -0.116. The molecule has 2 aromatic heterocycles. The Labute approximate surface area is 231 Å². The van der Waals surface area contributed by atoms with Gasteiger partial charge in [0, 0.05) is 42.3 Å². The third kappa shape index (κ3) is 5.35. The molecule has 1 saturated heterocycles. The number of rotatable bonds is 8. The molecule has 1 amide bonds. The summed E-state index contributed by atoms with van der Waals surface area (Å²) in [4.78, 5) is 19.9. The minimum atomic E-state index is -0.0760. The number of thiocarbonyl (C=S) groups is 1. The molecular formula is C31H39N5OS. The molecule has 0 bridgehead atoms. The van der Waals surface area contributed by atoms with Gasteiger partial charge in [-0.2, -0.15) is 0 Å². The minimum Gasteiger partial charge on any atom is -0.352 e. The van der Waals surface area contributed by atoms with Crippen molar-refractivity contribution in [1.29, 1.82) is 0 Å². The average Bonchev–Trinajstić information content (AvgIpc) is 3.42. The molecule has 0 radical (unpaired) electrons. The van der Waals surface area contributed by atoms with Crippen LogP contribution in [0, 0.1) is 13.8 Å². The molecule has 6 nitrogen and oxygen atoms in total. The number of carbonyl (C=O) groups is 1. The van der Waals surface area contributed by atoms with Crippen LogP contribution in [0.15, 0.2) is 54.7 Å². The highest BCUT2D eigenvalue weighted by atomic mass is 32.1. The number of nitrogens with zero attached hydrogens (tertiary/aromatic N) is 3. The number of benzene rings is 1. The summed E-state index contributed by atoms with van der Waals surface area (Å²) in [5.41, 5.74) is 6.87. The zero-order valence-corrected chi connectivity index (χ0v) is 23.6. The van der Waals surface area contributed by atoms with Crippen molar-refractivity contribution in [2.24, 2.45) is 0 Å². The standard InChI is InChI=1S/C31H39N5OS/c1-4-23-12-8-9-15-26(23)33-28(37)17-19-35-30(29(34-31(35)38)27-16-10-11-18-32-27)25-20-21(2)36(22(25)3)24-13-6-5-7-14-24/h8-12,15-16,18,20,24,29-30H,4-7,13-14,17,19H2,1-3H3,(H,33,37)(H,34,38)/t29-,30+/m0/s1. The second-order valence-electron chi connectivity index (χ2n) is 10.6. The van der Waals surface area contributed by atoms with E-state index < -0.39 is 0 Å². The van der Waals surface area contributed by atoms with Crippen LogP contribution in [0.2, 0.25) is 0 Å². The van der Waals surface area contributed by atoms with E-state index in [1.54, 1.807) is 0 Å². The molecule has 1 aliphatic carbocycles. The fraction of sp³-hybridized carbons (Fsp3) is 0.452. The number of carbonyl (C=O) groups excluding carboxylic acids is 1. The number of para-hydroxylation sites is 1. The average molecular weight is 530 g/mol. The lowest BCUT2D eigenvalue weighted by Crippen LogP contribution is -2.33. The Hall–Kier alpha value is -3.19. The molecule has 1 aromatic carbocycles. The second-order valence-corrected chi connectivity index (χ2v) is 11.0. The summed E-state index contributed by atoms with van der Waals surface area (Å²) >= 11 is 5.87. The van der Waals surface area contributed by atoms with Gasteiger partial charge in [0.25, 0.3) is 0 Å². The fourth-order valence-corrected chi connectivity index (χ4v) is 6.71. The Bertz CT molecular complexity index is 1280. The summed E-state index contributed by atoms with van der Waals surface area (Å²) in [6, 6.07) is 16.8. The van der Waals surface area contributed by atoms with E-state index in [0.29, 0.717) is 24.1 Å². The van der Waals surface area contributed by atoms with Crippen molar-refractivity contribution in [3.05, 3.63) is 82.9 Å². The SMILES string of the molecule is CCc1ccccc1NC(=O)CCN1C(=S)N[C@@H](c2ccccn2)[C@H]1c1cc(C)n(C2CCCCC2)c1C. The first-order valence-electron chi connectivity index (χ1n) is 14.0. The van der Waals surface area contributed by atoms with E-state index >= 15 is 0 Å². The highest BCUT2D eigenvalue weighted by molar-refractivity contribution is 7.80. The van der Waals surface area contributed by atoms with Crippen molar-refractivity contribution in [1.82, 2.24) is 19.8 Å². The van der Waals surface area contributed by atoms with Gasteiger partial charge in [0.2, 0.25) is 5.91 Å². The van der Waals surface area contributed by atoms with Crippen LogP contribution in [0.4, 0.5) is 5.69 Å². The summed E-state index contributed by atoms with van der Waals surface area (Å²) in [7, 11) is 0. The third-order valence-corrected chi connectivity index (χ3v) is 8.58. The third-order valence-electron chi connectivity index (χ3n) is 8.23. The number of nitrogens with one attached hydrogen (secondary N) is 2. The number of hydrogen-bond donors (Lipinski definition) is 2. The Morgan fingerprint density at radius 1 is 1.11 bits per heavy atom. The molecule has 7 heteroatoms. The van der Waals surface area contributed by atoms with Gasteiger partial charge >= 0.3 is 0 Å². The molecule has 2 fully saturated rings. The maximum Gasteiger partial charge on any atom is 0.226 e. The van der Waals surface area contributed by atoms with Gasteiger partial charge in [-0.3, -0.25) is 9.78 Å². The van der Waals surface area contributed by atoms with Gasteiger partial charge in [0.05, 0.1) is 17.8 Å². The molecule has 1 aliphatic heterocycles. The van der Waals surface area contributed by atoms with Crippen LogP contribution in [0.5, 0.6) is 0 Å². The van der Waals surface area contributed by atoms with Gasteiger partial charge in [-0.15, -0.1) is 0 Å². The van der Waals surface area contributed by atoms with E-state index in [0.717, 1.165) is 23.4 Å². The van der Waals surface area contributed by atoms with Gasteiger partial charge in [0.15, 0.2) is 5.11 Å². The molecule has 2 N–H and O–H groups in total. The predicted octanol–water partition coefficient (Wildman–Crippen LogP) is 6.57. The van der Waals surface area contributed by atoms with Crippen molar-refractivity contribution in [3.63, 3.8) is 0 Å². The molecule has 2 atom stereocenters. The van der Waals surface area contributed by atoms with E-state index in [2.05, 4.69) is 64.1 Å². The Balaban J connectivity index is 1.42. The second kappa shape index (κ2) is 11.7. The van der Waals surface area contributed by atoms with Crippen LogP contribution in [0.25, 0.3) is 0 Å². The number of anilines is 1. The smallest absolute Gasteiger partial charge is 0.226 e. The number of aryl methyl sites for hydroxylation is 2. The van der Waals surface area contributed by atoms with Crippen LogP contribution >= 0.6 is 12.2 Å². The van der Waals surface area contributed by atoms with Crippen molar-refractivity contribution >= 4 is 28.9 Å². The van der Waals surface area contributed by atoms with Gasteiger partial charge in [0.1, 0.15) is 0 Å². The normalized spacial score (nSPS) is 20.0. The first-order chi connectivity index (χ1) is 18.5. The van der Waals surface area contributed by atoms with E-state index in [4.69, 9.17) is 12.2 Å². The van der Waals surface area contributed by atoms with Crippen LogP contribution in [0.1, 0.15) is 91.8 Å². The maximum absolute atomic E-state index is 13.1. The van der Waals surface area contributed by atoms with E-state index in [1.807, 2.05) is 36.5 Å². The predicted molar refractivity (Wildman–Crippen MR) is 157 cm³/mol. The molecule has 2 aliphatic rings. The molecule has 200 valence electrons. The summed E-state index contributed by atoms with van der Waals surface area (Å²) in [6.45, 7) is 7.11. The van der Waals surface area contributed by atoms with Crippen molar-refractivity contribution in [2.45, 2.75) is 83.8 Å². The molecule has 0 unspecified atom stereocenters. The van der Waals surface area contributed by atoms with E-state index in [1.165, 1.54) is 49.1 Å². The highest BCUT2D eigenvalue weighted by Gasteiger charge is 2.41. The molecule has 1 saturated carbocycles. The Morgan fingerprint density at radius 2 is 1.87 bits per heavy atom. The van der Waals surface area contributed by atoms with Gasteiger partial charge < -0.3 is 20.1 Å². The number of hydrogen-bond acceptors (Lipinski definition) is 3. The largest absolute Gasteiger partial charge is 0.352 e. The topological polar surface area (TPSA) is 62.2 Å². The van der Waals surface area contributed by atoms with Crippen LogP contribution in [-0.2, 0) is 11.2 Å². The number of aromatic nitrogens is 2. The van der Waals surface area contributed by atoms with Gasteiger partial charge in [-0.1, -0.05) is 50.5 Å². The number of pyridine rings is 1. The molecule has 3 heterocycles. The van der Waals surface area contributed by atoms with Crippen molar-refractivity contribution in [3.8, 4) is 0 Å². The van der Waals surface area contributed by atoms with Gasteiger partial charge in [-0.05, 0) is 80.7 Å². The summed E-state index contributed by atoms with van der Waals surface area (Å²) < 4.78 is 2.55. The van der Waals surface area contributed by atoms with Crippen molar-refractivity contribution < 1.29 is 4.79 Å². The molecular weight excluding hydrogens is 490 g/mol. The van der Waals surface area contributed by atoms with Crippen LogP contribution in [-0.4, -0.2) is 32.0 Å². The monoisotopic (exact) mass is 529 g/mol. The lowest BCUT2D eigenvalue weighted by atomic mass is 9.94. The Kier molecular flexibility index (Phi) is 8.12. The lowest BCUT2D eigenvalue weighted by Gasteiger charge is -2.29. The number of amides is 1. The van der Waals surface area contributed by atoms with Crippen molar-refractivity contribution in [2.75, 3.05) is 11.9 Å². The molecule has 0 spiro atoms. The van der Waals surface area contributed by atoms with Crippen LogP contribution in [0.3, 0.4) is 0 Å². The quantitative estimate of drug-likeness (QED) is 0.323. The van der Waals surface area contributed by atoms with Gasteiger partial charge in [-0.25, -0.2) is 0 Å². The summed E-state index contributed by atoms with van der Waals surface area (Å²) in [5.74, 6) is 0.00131. The first kappa shape index (κ1) is 26.4. The summed E-state index contributed by atoms with van der Waals surface area (Å²) in [5, 5.41) is 7.35. The molecule has 38 heavy (non-hydrogen) atoms. The molecule has 5 rings (SSSR count). The fourth-order valence-electron chi connectivity index (χ4n) is 6.37. The van der Waals surface area contributed by atoms with E-state index in [9.17, 15) is 4.79 Å². The Morgan fingerprint density at radius 3 is 2.61 bits per heavy atom. The highest BCUT2D eigenvalue weighted by Crippen LogP contribution is 2.42.